The molecule has 0 aliphatic rings. The van der Waals surface area contributed by atoms with Crippen molar-refractivity contribution in [1.82, 2.24) is 5.32 Å². The highest BCUT2D eigenvalue weighted by Crippen LogP contribution is 2.22. The van der Waals surface area contributed by atoms with Gasteiger partial charge in [-0.2, -0.15) is 0 Å². The monoisotopic (exact) mass is 346 g/mol. The molecule has 2 aromatic rings. The normalized spacial score (nSPS) is 10.3. The number of para-hydroxylation sites is 1. The van der Waals surface area contributed by atoms with Gasteiger partial charge in [-0.05, 0) is 42.7 Å². The van der Waals surface area contributed by atoms with Gasteiger partial charge in [-0.25, -0.2) is 0 Å². The van der Waals surface area contributed by atoms with Crippen LogP contribution >= 0.6 is 11.6 Å². The second-order valence-electron chi connectivity index (χ2n) is 5.73. The minimum atomic E-state index is -0.141. The topological polar surface area (TPSA) is 41.6 Å². The summed E-state index contributed by atoms with van der Waals surface area (Å²) in [6.45, 7) is 0.599. The minimum absolute atomic E-state index is 0.0265. The Morgan fingerprint density at radius 2 is 1.83 bits per heavy atom. The number of ether oxygens (including phenoxy) is 1. The number of carbonyl (C=O) groups excluding carboxylic acids is 1. The molecule has 0 radical (unpaired) electrons. The van der Waals surface area contributed by atoms with Crippen molar-refractivity contribution in [2.45, 2.75) is 12.8 Å². The van der Waals surface area contributed by atoms with Gasteiger partial charge < -0.3 is 15.0 Å². The Kier molecular flexibility index (Phi) is 6.94. The predicted octanol–water partition coefficient (Wildman–Crippen LogP) is 3.53. The van der Waals surface area contributed by atoms with Crippen LogP contribution in [0.1, 0.15) is 12.0 Å². The van der Waals surface area contributed by atoms with Gasteiger partial charge in [0.25, 0.3) is 5.91 Å². The van der Waals surface area contributed by atoms with E-state index in [9.17, 15) is 4.79 Å². The molecule has 0 aliphatic heterocycles. The lowest BCUT2D eigenvalue weighted by atomic mass is 10.1. The quantitative estimate of drug-likeness (QED) is 0.743. The van der Waals surface area contributed by atoms with Gasteiger partial charge in [0.15, 0.2) is 6.61 Å². The Morgan fingerprint density at radius 1 is 1.12 bits per heavy atom. The van der Waals surface area contributed by atoms with Gasteiger partial charge in [-0.1, -0.05) is 35.9 Å². The molecule has 0 heterocycles. The van der Waals surface area contributed by atoms with Crippen molar-refractivity contribution < 1.29 is 9.53 Å². The van der Waals surface area contributed by atoms with E-state index in [2.05, 4.69) is 34.5 Å². The van der Waals surface area contributed by atoms with Gasteiger partial charge in [-0.15, -0.1) is 0 Å². The number of nitrogens with zero attached hydrogens (tertiary/aromatic N) is 1. The van der Waals surface area contributed by atoms with Crippen LogP contribution in [-0.2, 0) is 11.2 Å². The maximum atomic E-state index is 11.8. The molecule has 2 rings (SSSR count). The van der Waals surface area contributed by atoms with Crippen molar-refractivity contribution in [2.75, 3.05) is 32.1 Å². The summed E-state index contributed by atoms with van der Waals surface area (Å²) in [5.74, 6) is 0.383. The summed E-state index contributed by atoms with van der Waals surface area (Å²) in [4.78, 5) is 13.8. The van der Waals surface area contributed by atoms with Gasteiger partial charge in [0.2, 0.25) is 0 Å². The third kappa shape index (κ3) is 5.78. The summed E-state index contributed by atoms with van der Waals surface area (Å²) in [6.07, 6.45) is 1.82. The first-order valence-corrected chi connectivity index (χ1v) is 8.34. The predicted molar refractivity (Wildman–Crippen MR) is 99.0 cm³/mol. The number of hydrogen-bond donors (Lipinski definition) is 1. The Labute approximate surface area is 148 Å². The molecule has 0 saturated carbocycles. The van der Waals surface area contributed by atoms with E-state index < -0.39 is 0 Å². The molecule has 0 aliphatic carbocycles. The standard InChI is InChI=1S/C19H23ClN2O2/c1-22(2)16-11-9-15(10-12-16)6-5-13-21-19(23)14-24-18-8-4-3-7-17(18)20/h3-4,7-12H,5-6,13-14H2,1-2H3,(H,21,23). The Bertz CT molecular complexity index is 657. The summed E-state index contributed by atoms with van der Waals surface area (Å²) >= 11 is 5.97. The first-order valence-electron chi connectivity index (χ1n) is 7.96. The zero-order valence-electron chi connectivity index (χ0n) is 14.1. The number of amides is 1. The summed E-state index contributed by atoms with van der Waals surface area (Å²) in [6, 6.07) is 15.6. The lowest BCUT2D eigenvalue weighted by molar-refractivity contribution is -0.123. The number of nitrogens with one attached hydrogen (secondary N) is 1. The van der Waals surface area contributed by atoms with Gasteiger partial charge in [0.05, 0.1) is 5.02 Å². The highest BCUT2D eigenvalue weighted by atomic mass is 35.5. The molecule has 0 fully saturated rings. The van der Waals surface area contributed by atoms with Crippen molar-refractivity contribution in [3.63, 3.8) is 0 Å². The van der Waals surface area contributed by atoms with E-state index in [1.165, 1.54) is 11.3 Å². The molecule has 0 unspecified atom stereocenters. The number of halogens is 1. The highest BCUT2D eigenvalue weighted by molar-refractivity contribution is 6.32. The molecule has 24 heavy (non-hydrogen) atoms. The van der Waals surface area contributed by atoms with Crippen LogP contribution in [0.4, 0.5) is 5.69 Å². The second-order valence-corrected chi connectivity index (χ2v) is 6.14. The zero-order valence-corrected chi connectivity index (χ0v) is 14.8. The van der Waals surface area contributed by atoms with Crippen molar-refractivity contribution in [1.29, 1.82) is 0 Å². The molecule has 0 aromatic heterocycles. The number of aryl methyl sites for hydroxylation is 1. The summed E-state index contributed by atoms with van der Waals surface area (Å²) in [5.41, 5.74) is 2.45. The lowest BCUT2D eigenvalue weighted by Crippen LogP contribution is -2.29. The molecular weight excluding hydrogens is 324 g/mol. The molecule has 128 valence electrons. The first-order chi connectivity index (χ1) is 11.6. The molecule has 0 bridgehead atoms. The average Bonchev–Trinajstić information content (AvgIpc) is 2.58. The van der Waals surface area contributed by atoms with Gasteiger partial charge in [0, 0.05) is 26.3 Å². The van der Waals surface area contributed by atoms with E-state index in [0.717, 1.165) is 12.8 Å². The Balaban J connectivity index is 1.65. The average molecular weight is 347 g/mol. The smallest absolute Gasteiger partial charge is 0.257 e. The molecule has 1 amide bonds. The largest absolute Gasteiger partial charge is 0.482 e. The fourth-order valence-corrected chi connectivity index (χ4v) is 2.43. The van der Waals surface area contributed by atoms with Crippen LogP contribution in [-0.4, -0.2) is 33.2 Å². The van der Waals surface area contributed by atoms with Gasteiger partial charge >= 0.3 is 0 Å². The minimum Gasteiger partial charge on any atom is -0.482 e. The summed E-state index contributed by atoms with van der Waals surface area (Å²) in [5, 5.41) is 3.36. The molecule has 5 heteroatoms. The van der Waals surface area contributed by atoms with Crippen LogP contribution in [0.15, 0.2) is 48.5 Å². The van der Waals surface area contributed by atoms with Crippen LogP contribution in [0.25, 0.3) is 0 Å². The van der Waals surface area contributed by atoms with E-state index >= 15 is 0 Å². The Morgan fingerprint density at radius 3 is 2.50 bits per heavy atom. The van der Waals surface area contributed by atoms with Gasteiger partial charge in [0.1, 0.15) is 5.75 Å². The van der Waals surface area contributed by atoms with Crippen LogP contribution in [0.5, 0.6) is 5.75 Å². The van der Waals surface area contributed by atoms with Gasteiger partial charge in [-0.3, -0.25) is 4.79 Å². The maximum Gasteiger partial charge on any atom is 0.257 e. The molecule has 0 spiro atoms. The van der Waals surface area contributed by atoms with Crippen molar-refractivity contribution in [2.24, 2.45) is 0 Å². The van der Waals surface area contributed by atoms with E-state index in [1.54, 1.807) is 12.1 Å². The third-order valence-corrected chi connectivity index (χ3v) is 3.92. The van der Waals surface area contributed by atoms with Crippen LogP contribution in [0.2, 0.25) is 5.02 Å². The van der Waals surface area contributed by atoms with Crippen LogP contribution in [0, 0.1) is 0 Å². The molecular formula is C19H23ClN2O2. The highest BCUT2D eigenvalue weighted by Gasteiger charge is 2.05. The SMILES string of the molecule is CN(C)c1ccc(CCCNC(=O)COc2ccccc2Cl)cc1. The summed E-state index contributed by atoms with van der Waals surface area (Å²) < 4.78 is 5.40. The van der Waals surface area contributed by atoms with E-state index in [0.29, 0.717) is 17.3 Å². The zero-order chi connectivity index (χ0) is 17.4. The van der Waals surface area contributed by atoms with E-state index in [-0.39, 0.29) is 12.5 Å². The lowest BCUT2D eigenvalue weighted by Gasteiger charge is -2.12. The number of carbonyl (C=O) groups is 1. The fraction of sp³-hybridized carbons (Fsp3) is 0.316. The number of benzene rings is 2. The Hall–Kier alpha value is -2.20. The van der Waals surface area contributed by atoms with Crippen molar-refractivity contribution >= 4 is 23.2 Å². The molecule has 2 aromatic carbocycles. The molecule has 4 nitrogen and oxygen atoms in total. The van der Waals surface area contributed by atoms with E-state index in [4.69, 9.17) is 16.3 Å². The number of rotatable bonds is 8. The third-order valence-electron chi connectivity index (χ3n) is 3.61. The van der Waals surface area contributed by atoms with Crippen molar-refractivity contribution in [3.05, 3.63) is 59.1 Å². The molecule has 1 N–H and O–H groups in total. The van der Waals surface area contributed by atoms with Crippen LogP contribution in [0.3, 0.4) is 0 Å². The van der Waals surface area contributed by atoms with Crippen LogP contribution < -0.4 is 15.0 Å². The van der Waals surface area contributed by atoms with Crippen molar-refractivity contribution in [3.8, 4) is 5.75 Å². The number of anilines is 1. The number of hydrogen-bond acceptors (Lipinski definition) is 3. The fourth-order valence-electron chi connectivity index (χ4n) is 2.24. The van der Waals surface area contributed by atoms with E-state index in [1.807, 2.05) is 26.2 Å². The first kappa shape index (κ1) is 18.1. The molecule has 0 saturated heterocycles. The second kappa shape index (κ2) is 9.18. The summed E-state index contributed by atoms with van der Waals surface area (Å²) in [7, 11) is 4.05. The maximum absolute atomic E-state index is 11.8. The molecule has 0 atom stereocenters.